The van der Waals surface area contributed by atoms with Gasteiger partial charge in [0.05, 0.1) is 13.2 Å². The van der Waals surface area contributed by atoms with Crippen molar-refractivity contribution < 1.29 is 19.0 Å². The number of aliphatic hydroxyl groups is 1. The van der Waals surface area contributed by atoms with Crippen LogP contribution in [0.5, 0.6) is 0 Å². The summed E-state index contributed by atoms with van der Waals surface area (Å²) in [7, 11) is 0. The van der Waals surface area contributed by atoms with Crippen LogP contribution in [0.3, 0.4) is 0 Å². The lowest BCUT2D eigenvalue weighted by molar-refractivity contribution is -0.152. The highest BCUT2D eigenvalue weighted by molar-refractivity contribution is 5.90. The third kappa shape index (κ3) is 2.98. The van der Waals surface area contributed by atoms with Crippen LogP contribution >= 0.6 is 0 Å². The van der Waals surface area contributed by atoms with Gasteiger partial charge >= 0.3 is 0 Å². The summed E-state index contributed by atoms with van der Waals surface area (Å²) in [6.45, 7) is 1.74. The molecule has 1 saturated heterocycles. The Morgan fingerprint density at radius 3 is 2.17 bits per heavy atom. The largest absolute Gasteiger partial charge is 0.378 e. The molecule has 1 amide bonds. The monoisotopic (exact) mass is 315 g/mol. The van der Waals surface area contributed by atoms with Gasteiger partial charge in [0.2, 0.25) is 0 Å². The van der Waals surface area contributed by atoms with E-state index >= 15 is 0 Å². The first-order valence-electron chi connectivity index (χ1n) is 7.53. The minimum absolute atomic E-state index is 0.349. The van der Waals surface area contributed by atoms with Gasteiger partial charge < -0.3 is 14.7 Å². The Kier molecular flexibility index (Phi) is 4.41. The highest BCUT2D eigenvalue weighted by Gasteiger charge is 2.43. The Morgan fingerprint density at radius 2 is 1.57 bits per heavy atom. The zero-order valence-electron chi connectivity index (χ0n) is 12.6. The number of rotatable bonds is 3. The number of amides is 1. The maximum Gasteiger partial charge on any atom is 0.264 e. The molecule has 0 bridgehead atoms. The number of benzene rings is 2. The standard InChI is InChI=1S/C18H18FNO3/c19-16-8-6-15(7-9-16)18(22,14-4-2-1-3-5-14)17(21)20-10-12-23-13-11-20/h1-9,22H,10-13H2. The lowest BCUT2D eigenvalue weighted by atomic mass is 9.85. The van der Waals surface area contributed by atoms with Gasteiger partial charge in [-0.25, -0.2) is 4.39 Å². The summed E-state index contributed by atoms with van der Waals surface area (Å²) < 4.78 is 18.5. The Labute approximate surface area is 134 Å². The topological polar surface area (TPSA) is 49.8 Å². The fraction of sp³-hybridized carbons (Fsp3) is 0.278. The second-order valence-electron chi connectivity index (χ2n) is 5.49. The minimum atomic E-state index is -1.84. The third-order valence-electron chi connectivity index (χ3n) is 4.06. The van der Waals surface area contributed by atoms with E-state index in [-0.39, 0.29) is 0 Å². The van der Waals surface area contributed by atoms with Gasteiger partial charge in [-0.1, -0.05) is 42.5 Å². The van der Waals surface area contributed by atoms with Gasteiger partial charge in [-0.3, -0.25) is 4.79 Å². The summed E-state index contributed by atoms with van der Waals surface area (Å²) in [5.41, 5.74) is -1.03. The zero-order chi connectivity index (χ0) is 16.3. The van der Waals surface area contributed by atoms with Gasteiger partial charge in [0.1, 0.15) is 5.82 Å². The van der Waals surface area contributed by atoms with Crippen LogP contribution in [-0.2, 0) is 15.1 Å². The van der Waals surface area contributed by atoms with Crippen molar-refractivity contribution in [2.45, 2.75) is 5.60 Å². The molecule has 0 aromatic heterocycles. The molecule has 0 radical (unpaired) electrons. The summed E-state index contributed by atoms with van der Waals surface area (Å²) in [4.78, 5) is 14.6. The summed E-state index contributed by atoms with van der Waals surface area (Å²) in [6.07, 6.45) is 0. The lowest BCUT2D eigenvalue weighted by Crippen LogP contribution is -2.51. The minimum Gasteiger partial charge on any atom is -0.378 e. The maximum absolute atomic E-state index is 13.2. The highest BCUT2D eigenvalue weighted by Crippen LogP contribution is 2.32. The summed E-state index contributed by atoms with van der Waals surface area (Å²) in [5.74, 6) is -0.832. The molecule has 1 aliphatic heterocycles. The Bertz CT molecular complexity index is 668. The van der Waals surface area contributed by atoms with Gasteiger partial charge in [0, 0.05) is 13.1 Å². The molecular weight excluding hydrogens is 297 g/mol. The molecule has 2 aromatic rings. The predicted octanol–water partition coefficient (Wildman–Crippen LogP) is 1.92. The van der Waals surface area contributed by atoms with Crippen LogP contribution in [0.1, 0.15) is 11.1 Å². The van der Waals surface area contributed by atoms with Crippen LogP contribution in [-0.4, -0.2) is 42.2 Å². The van der Waals surface area contributed by atoms with Crippen molar-refractivity contribution in [3.05, 3.63) is 71.5 Å². The molecule has 23 heavy (non-hydrogen) atoms. The smallest absolute Gasteiger partial charge is 0.264 e. The van der Waals surface area contributed by atoms with Crippen LogP contribution in [0.4, 0.5) is 4.39 Å². The number of carbonyl (C=O) groups excluding carboxylic acids is 1. The second-order valence-corrected chi connectivity index (χ2v) is 5.49. The van der Waals surface area contributed by atoms with Crippen molar-refractivity contribution in [3.8, 4) is 0 Å². The Hall–Kier alpha value is -2.24. The maximum atomic E-state index is 13.2. The number of morpholine rings is 1. The van der Waals surface area contributed by atoms with Crippen molar-refractivity contribution in [2.75, 3.05) is 26.3 Å². The number of carbonyl (C=O) groups is 1. The van der Waals surface area contributed by atoms with Gasteiger partial charge in [-0.05, 0) is 23.3 Å². The summed E-state index contributed by atoms with van der Waals surface area (Å²) in [6, 6.07) is 14.1. The number of nitrogens with zero attached hydrogens (tertiary/aromatic N) is 1. The first-order chi connectivity index (χ1) is 11.1. The molecule has 1 fully saturated rings. The van der Waals surface area contributed by atoms with E-state index in [1.165, 1.54) is 24.3 Å². The van der Waals surface area contributed by atoms with Crippen LogP contribution in [0.25, 0.3) is 0 Å². The van der Waals surface area contributed by atoms with Crippen molar-refractivity contribution in [2.24, 2.45) is 0 Å². The fourth-order valence-corrected chi connectivity index (χ4v) is 2.78. The Balaban J connectivity index is 2.06. The predicted molar refractivity (Wildman–Crippen MR) is 83.2 cm³/mol. The van der Waals surface area contributed by atoms with Gasteiger partial charge in [-0.15, -0.1) is 0 Å². The molecule has 1 heterocycles. The molecule has 1 aliphatic rings. The molecule has 5 heteroatoms. The van der Waals surface area contributed by atoms with E-state index in [0.29, 0.717) is 37.4 Å². The van der Waals surface area contributed by atoms with E-state index in [4.69, 9.17) is 4.74 Å². The van der Waals surface area contributed by atoms with Crippen molar-refractivity contribution in [1.29, 1.82) is 0 Å². The Morgan fingerprint density at radius 1 is 1.00 bits per heavy atom. The van der Waals surface area contributed by atoms with Gasteiger partial charge in [0.15, 0.2) is 5.60 Å². The average Bonchev–Trinajstić information content (AvgIpc) is 2.62. The number of hydrogen-bond acceptors (Lipinski definition) is 3. The molecule has 120 valence electrons. The molecule has 3 rings (SSSR count). The van der Waals surface area contributed by atoms with E-state index in [1.54, 1.807) is 29.2 Å². The van der Waals surface area contributed by atoms with Crippen LogP contribution in [0.2, 0.25) is 0 Å². The molecule has 4 nitrogen and oxygen atoms in total. The van der Waals surface area contributed by atoms with Crippen LogP contribution < -0.4 is 0 Å². The van der Waals surface area contributed by atoms with Crippen molar-refractivity contribution in [3.63, 3.8) is 0 Å². The normalized spacial score (nSPS) is 17.6. The van der Waals surface area contributed by atoms with Gasteiger partial charge in [-0.2, -0.15) is 0 Å². The third-order valence-corrected chi connectivity index (χ3v) is 4.06. The number of halogens is 1. The van der Waals surface area contributed by atoms with Crippen LogP contribution in [0, 0.1) is 5.82 Å². The molecule has 2 aromatic carbocycles. The first-order valence-corrected chi connectivity index (χ1v) is 7.53. The van der Waals surface area contributed by atoms with E-state index in [2.05, 4.69) is 0 Å². The van der Waals surface area contributed by atoms with Crippen molar-refractivity contribution in [1.82, 2.24) is 4.90 Å². The molecule has 1 N–H and O–H groups in total. The molecule has 1 unspecified atom stereocenters. The van der Waals surface area contributed by atoms with Crippen LogP contribution in [0.15, 0.2) is 54.6 Å². The van der Waals surface area contributed by atoms with E-state index in [9.17, 15) is 14.3 Å². The average molecular weight is 315 g/mol. The summed E-state index contributed by atoms with van der Waals surface area (Å²) in [5, 5.41) is 11.3. The quantitative estimate of drug-likeness (QED) is 0.941. The zero-order valence-corrected chi connectivity index (χ0v) is 12.6. The second kappa shape index (κ2) is 6.48. The lowest BCUT2D eigenvalue weighted by Gasteiger charge is -2.36. The summed E-state index contributed by atoms with van der Waals surface area (Å²) >= 11 is 0. The van der Waals surface area contributed by atoms with E-state index < -0.39 is 17.3 Å². The molecule has 0 spiro atoms. The SMILES string of the molecule is O=C(N1CCOCC1)C(O)(c1ccccc1)c1ccc(F)cc1. The molecular formula is C18H18FNO3. The fourth-order valence-electron chi connectivity index (χ4n) is 2.78. The van der Waals surface area contributed by atoms with E-state index in [0.717, 1.165) is 0 Å². The molecule has 1 atom stereocenters. The molecule has 0 saturated carbocycles. The molecule has 0 aliphatic carbocycles. The number of ether oxygens (including phenoxy) is 1. The van der Waals surface area contributed by atoms with E-state index in [1.807, 2.05) is 6.07 Å². The van der Waals surface area contributed by atoms with Gasteiger partial charge in [0.25, 0.3) is 5.91 Å². The highest BCUT2D eigenvalue weighted by atomic mass is 19.1. The first kappa shape index (κ1) is 15.6. The number of hydrogen-bond donors (Lipinski definition) is 1. The van der Waals surface area contributed by atoms with Crippen molar-refractivity contribution >= 4 is 5.91 Å².